The fourth-order valence-electron chi connectivity index (χ4n) is 2.07. The summed E-state index contributed by atoms with van der Waals surface area (Å²) in [4.78, 5) is 15.5. The Morgan fingerprint density at radius 2 is 2.11 bits per heavy atom. The molecule has 0 aliphatic carbocycles. The fraction of sp³-hybridized carbons (Fsp3) is 0.0714. The minimum Gasteiger partial charge on any atom is -0.478 e. The van der Waals surface area contributed by atoms with Gasteiger partial charge in [0, 0.05) is 5.69 Å². The Kier molecular flexibility index (Phi) is 2.52. The van der Waals surface area contributed by atoms with Crippen LogP contribution in [0, 0.1) is 6.92 Å². The Labute approximate surface area is 109 Å². The van der Waals surface area contributed by atoms with Crippen molar-refractivity contribution in [2.45, 2.75) is 6.92 Å². The van der Waals surface area contributed by atoms with Crippen molar-refractivity contribution in [3.63, 3.8) is 0 Å². The third-order valence-corrected chi connectivity index (χ3v) is 2.88. The van der Waals surface area contributed by atoms with Gasteiger partial charge in [-0.25, -0.2) is 9.31 Å². The quantitative estimate of drug-likeness (QED) is 0.761. The SMILES string of the molecule is Cc1cc(C(=O)O)cc(-c2cccc3ccnn23)n1. The summed E-state index contributed by atoms with van der Waals surface area (Å²) in [6, 6.07) is 10.7. The maximum atomic E-state index is 11.1. The fourth-order valence-corrected chi connectivity index (χ4v) is 2.07. The van der Waals surface area contributed by atoms with E-state index in [9.17, 15) is 4.79 Å². The van der Waals surface area contributed by atoms with Crippen molar-refractivity contribution < 1.29 is 9.90 Å². The average molecular weight is 253 g/mol. The van der Waals surface area contributed by atoms with E-state index in [1.807, 2.05) is 24.3 Å². The van der Waals surface area contributed by atoms with Crippen molar-refractivity contribution in [2.75, 3.05) is 0 Å². The molecule has 3 aromatic rings. The van der Waals surface area contributed by atoms with Gasteiger partial charge in [0.05, 0.1) is 28.7 Å². The number of carboxylic acid groups (broad SMARTS) is 1. The maximum absolute atomic E-state index is 11.1. The second-order valence-corrected chi connectivity index (χ2v) is 4.27. The number of aryl methyl sites for hydroxylation is 1. The van der Waals surface area contributed by atoms with Crippen molar-refractivity contribution in [3.05, 3.63) is 53.9 Å². The van der Waals surface area contributed by atoms with Crippen LogP contribution < -0.4 is 0 Å². The Morgan fingerprint density at radius 1 is 1.26 bits per heavy atom. The Hall–Kier alpha value is -2.69. The molecule has 0 saturated heterocycles. The van der Waals surface area contributed by atoms with Crippen molar-refractivity contribution >= 4 is 11.5 Å². The molecule has 1 N–H and O–H groups in total. The molecule has 0 aromatic carbocycles. The van der Waals surface area contributed by atoms with Gasteiger partial charge < -0.3 is 5.11 Å². The van der Waals surface area contributed by atoms with Gasteiger partial charge in [-0.05, 0) is 37.3 Å². The molecule has 94 valence electrons. The highest BCUT2D eigenvalue weighted by atomic mass is 16.4. The number of nitrogens with zero attached hydrogens (tertiary/aromatic N) is 3. The molecule has 0 atom stereocenters. The van der Waals surface area contributed by atoms with Crippen LogP contribution in [-0.2, 0) is 0 Å². The zero-order valence-corrected chi connectivity index (χ0v) is 10.2. The summed E-state index contributed by atoms with van der Waals surface area (Å²) in [5.74, 6) is -0.959. The van der Waals surface area contributed by atoms with Crippen LogP contribution >= 0.6 is 0 Å². The molecule has 5 nitrogen and oxygen atoms in total. The number of carboxylic acids is 1. The number of carbonyl (C=O) groups is 1. The second-order valence-electron chi connectivity index (χ2n) is 4.27. The number of aromatic nitrogens is 3. The van der Waals surface area contributed by atoms with Crippen molar-refractivity contribution in [1.29, 1.82) is 0 Å². The smallest absolute Gasteiger partial charge is 0.335 e. The minimum absolute atomic E-state index is 0.228. The summed E-state index contributed by atoms with van der Waals surface area (Å²) in [5.41, 5.74) is 3.21. The molecule has 0 fully saturated rings. The molecule has 0 amide bonds. The molecule has 0 aliphatic rings. The highest BCUT2D eigenvalue weighted by Gasteiger charge is 2.10. The van der Waals surface area contributed by atoms with Crippen LogP contribution in [0.5, 0.6) is 0 Å². The van der Waals surface area contributed by atoms with E-state index in [4.69, 9.17) is 5.11 Å². The Morgan fingerprint density at radius 3 is 2.89 bits per heavy atom. The molecule has 0 aliphatic heterocycles. The third kappa shape index (κ3) is 1.95. The molecule has 3 heterocycles. The maximum Gasteiger partial charge on any atom is 0.335 e. The van der Waals surface area contributed by atoms with Gasteiger partial charge >= 0.3 is 5.97 Å². The lowest BCUT2D eigenvalue weighted by molar-refractivity contribution is 0.0696. The number of hydrogen-bond donors (Lipinski definition) is 1. The lowest BCUT2D eigenvalue weighted by atomic mass is 10.1. The molecule has 3 rings (SSSR count). The topological polar surface area (TPSA) is 67.5 Å². The molecule has 3 aromatic heterocycles. The predicted octanol–water partition coefficient (Wildman–Crippen LogP) is 2.40. The molecular weight excluding hydrogens is 242 g/mol. The van der Waals surface area contributed by atoms with Crippen molar-refractivity contribution in [1.82, 2.24) is 14.6 Å². The highest BCUT2D eigenvalue weighted by Crippen LogP contribution is 2.20. The van der Waals surface area contributed by atoms with Crippen LogP contribution in [-0.4, -0.2) is 25.7 Å². The molecule has 0 saturated carbocycles. The van der Waals surface area contributed by atoms with Gasteiger partial charge in [0.2, 0.25) is 0 Å². The van der Waals surface area contributed by atoms with Crippen LogP contribution in [0.2, 0.25) is 0 Å². The first-order chi connectivity index (χ1) is 9.15. The zero-order valence-electron chi connectivity index (χ0n) is 10.2. The monoisotopic (exact) mass is 253 g/mol. The van der Waals surface area contributed by atoms with E-state index in [0.29, 0.717) is 11.4 Å². The normalized spacial score (nSPS) is 10.8. The van der Waals surface area contributed by atoms with E-state index in [0.717, 1.165) is 11.2 Å². The van der Waals surface area contributed by atoms with Crippen LogP contribution in [0.25, 0.3) is 16.9 Å². The summed E-state index contributed by atoms with van der Waals surface area (Å²) in [6.45, 7) is 1.78. The van der Waals surface area contributed by atoms with Gasteiger partial charge in [0.25, 0.3) is 0 Å². The summed E-state index contributed by atoms with van der Waals surface area (Å²) in [5, 5.41) is 13.3. The summed E-state index contributed by atoms with van der Waals surface area (Å²) >= 11 is 0. The predicted molar refractivity (Wildman–Crippen MR) is 70.1 cm³/mol. The Balaban J connectivity index is 2.26. The van der Waals surface area contributed by atoms with Gasteiger partial charge in [-0.15, -0.1) is 0 Å². The number of pyridine rings is 2. The molecule has 0 bridgehead atoms. The van der Waals surface area contributed by atoms with Crippen LogP contribution in [0.15, 0.2) is 42.6 Å². The molecular formula is C14H11N3O2. The molecule has 0 unspecified atom stereocenters. The van der Waals surface area contributed by atoms with Gasteiger partial charge in [-0.1, -0.05) is 6.07 Å². The van der Waals surface area contributed by atoms with Gasteiger partial charge in [-0.3, -0.25) is 4.98 Å². The number of hydrogen-bond acceptors (Lipinski definition) is 3. The van der Waals surface area contributed by atoms with E-state index in [-0.39, 0.29) is 5.56 Å². The summed E-state index contributed by atoms with van der Waals surface area (Å²) < 4.78 is 1.74. The van der Waals surface area contributed by atoms with E-state index in [1.54, 1.807) is 29.8 Å². The van der Waals surface area contributed by atoms with E-state index < -0.39 is 5.97 Å². The largest absolute Gasteiger partial charge is 0.478 e. The summed E-state index contributed by atoms with van der Waals surface area (Å²) in [6.07, 6.45) is 1.70. The summed E-state index contributed by atoms with van der Waals surface area (Å²) in [7, 11) is 0. The number of fused-ring (bicyclic) bond motifs is 1. The van der Waals surface area contributed by atoms with Gasteiger partial charge in [0.1, 0.15) is 0 Å². The first kappa shape index (κ1) is 11.4. The first-order valence-electron chi connectivity index (χ1n) is 5.80. The standard InChI is InChI=1S/C14H11N3O2/c1-9-7-10(14(18)19)8-12(16-9)13-4-2-3-11-5-6-15-17(11)13/h2-8H,1H3,(H,18,19). The highest BCUT2D eigenvalue weighted by molar-refractivity contribution is 5.89. The van der Waals surface area contributed by atoms with Crippen molar-refractivity contribution in [3.8, 4) is 11.4 Å². The minimum atomic E-state index is -0.959. The number of aromatic carboxylic acids is 1. The molecule has 0 radical (unpaired) electrons. The van der Waals surface area contributed by atoms with Gasteiger partial charge in [0.15, 0.2) is 0 Å². The lowest BCUT2D eigenvalue weighted by Crippen LogP contribution is -2.02. The van der Waals surface area contributed by atoms with Crippen molar-refractivity contribution in [2.24, 2.45) is 0 Å². The van der Waals surface area contributed by atoms with Crippen LogP contribution in [0.1, 0.15) is 16.1 Å². The zero-order chi connectivity index (χ0) is 13.4. The Bertz CT molecular complexity index is 777. The van der Waals surface area contributed by atoms with Crippen LogP contribution in [0.3, 0.4) is 0 Å². The third-order valence-electron chi connectivity index (χ3n) is 2.88. The molecule has 5 heteroatoms. The molecule has 19 heavy (non-hydrogen) atoms. The average Bonchev–Trinajstić information content (AvgIpc) is 2.85. The lowest BCUT2D eigenvalue weighted by Gasteiger charge is -2.06. The van der Waals surface area contributed by atoms with E-state index in [2.05, 4.69) is 10.1 Å². The van der Waals surface area contributed by atoms with E-state index >= 15 is 0 Å². The molecule has 0 spiro atoms. The van der Waals surface area contributed by atoms with E-state index in [1.165, 1.54) is 0 Å². The second kappa shape index (κ2) is 4.20. The number of rotatable bonds is 2. The first-order valence-corrected chi connectivity index (χ1v) is 5.80. The van der Waals surface area contributed by atoms with Crippen LogP contribution in [0.4, 0.5) is 0 Å². The van der Waals surface area contributed by atoms with Gasteiger partial charge in [-0.2, -0.15) is 5.10 Å².